The Morgan fingerprint density at radius 3 is 1.47 bits per heavy atom. The predicted molar refractivity (Wildman–Crippen MR) is 238 cm³/mol. The number of fused-ring (bicyclic) bond motifs is 12. The lowest BCUT2D eigenvalue weighted by Gasteiger charge is -2.16. The SMILES string of the molecule is O=c1c2cc3c(cc2c2cc4c5ccccc5n(-c5ccccc5)c4cc2n1-c1ccccc1)c1ccccc1n3-c1ccc2c3c(cccc13)-c1ccccc1-2. The third-order valence-electron chi connectivity index (χ3n) is 12.4. The Bertz CT molecular complexity index is 3730. The molecule has 1 aliphatic carbocycles. The van der Waals surface area contributed by atoms with Crippen molar-refractivity contribution in [3.05, 3.63) is 198 Å². The molecule has 0 aliphatic heterocycles. The molecule has 0 atom stereocenters. The van der Waals surface area contributed by atoms with Crippen molar-refractivity contribution in [1.29, 1.82) is 0 Å². The van der Waals surface area contributed by atoms with Gasteiger partial charge in [-0.25, -0.2) is 0 Å². The lowest BCUT2D eigenvalue weighted by molar-refractivity contribution is 1.06. The quantitative estimate of drug-likeness (QED) is 0.167. The van der Waals surface area contributed by atoms with Crippen molar-refractivity contribution in [3.8, 4) is 39.3 Å². The molecule has 3 heterocycles. The van der Waals surface area contributed by atoms with Crippen molar-refractivity contribution in [3.63, 3.8) is 0 Å². The molecule has 12 aromatic rings. The highest BCUT2D eigenvalue weighted by atomic mass is 16.1. The van der Waals surface area contributed by atoms with Crippen LogP contribution in [0.1, 0.15) is 0 Å². The molecule has 9 aromatic carbocycles. The van der Waals surface area contributed by atoms with Crippen molar-refractivity contribution in [1.82, 2.24) is 13.7 Å². The molecule has 0 bridgehead atoms. The Kier molecular flexibility index (Phi) is 6.01. The van der Waals surface area contributed by atoms with Gasteiger partial charge in [0.25, 0.3) is 5.56 Å². The fraction of sp³-hybridized carbons (Fsp3) is 0. The summed E-state index contributed by atoms with van der Waals surface area (Å²) in [6, 6.07) is 66.7. The van der Waals surface area contributed by atoms with Crippen LogP contribution in [0.25, 0.3) is 115 Å². The van der Waals surface area contributed by atoms with Gasteiger partial charge in [0, 0.05) is 43.7 Å². The average Bonchev–Trinajstić information content (AvgIpc) is 3.89. The van der Waals surface area contributed by atoms with Gasteiger partial charge in [-0.05, 0) is 99.8 Å². The van der Waals surface area contributed by atoms with Crippen LogP contribution in [-0.4, -0.2) is 13.7 Å². The number of hydrogen-bond acceptors (Lipinski definition) is 1. The van der Waals surface area contributed by atoms with E-state index >= 15 is 4.79 Å². The number of nitrogens with zero attached hydrogens (tertiary/aromatic N) is 3. The summed E-state index contributed by atoms with van der Waals surface area (Å²) in [7, 11) is 0. The lowest BCUT2D eigenvalue weighted by atomic mass is 10.00. The molecule has 57 heavy (non-hydrogen) atoms. The number of benzene rings is 9. The van der Waals surface area contributed by atoms with E-state index in [0.717, 1.165) is 71.6 Å². The van der Waals surface area contributed by atoms with Crippen LogP contribution in [0.5, 0.6) is 0 Å². The van der Waals surface area contributed by atoms with Gasteiger partial charge in [0.15, 0.2) is 0 Å². The standard InChI is InChI=1S/C53H31N3O/c57-53-45-30-49-42(37-21-10-12-25-47(37)56(49)48-27-26-39-35-19-8-7-18-34(35)38-22-13-23-40(48)52(38)39)28-41(45)44-29-43-36-20-9-11-24-46(36)54(32-14-3-1-4-15-32)50(43)31-51(44)55(53)33-16-5-2-6-17-33/h1-31H. The summed E-state index contributed by atoms with van der Waals surface area (Å²) in [5, 5.41) is 9.75. The Morgan fingerprint density at radius 1 is 0.281 bits per heavy atom. The van der Waals surface area contributed by atoms with Gasteiger partial charge < -0.3 is 9.13 Å². The normalized spacial score (nSPS) is 12.3. The summed E-state index contributed by atoms with van der Waals surface area (Å²) in [5.74, 6) is 0. The van der Waals surface area contributed by atoms with Crippen LogP contribution in [-0.2, 0) is 0 Å². The van der Waals surface area contributed by atoms with Crippen molar-refractivity contribution in [2.75, 3.05) is 0 Å². The van der Waals surface area contributed by atoms with Crippen LogP contribution in [0.4, 0.5) is 0 Å². The van der Waals surface area contributed by atoms with Crippen LogP contribution >= 0.6 is 0 Å². The fourth-order valence-corrected chi connectivity index (χ4v) is 9.99. The average molecular weight is 726 g/mol. The van der Waals surface area contributed by atoms with Gasteiger partial charge in [0.2, 0.25) is 0 Å². The molecule has 1 aliphatic rings. The molecule has 0 unspecified atom stereocenters. The second kappa shape index (κ2) is 11.2. The zero-order valence-corrected chi connectivity index (χ0v) is 30.6. The van der Waals surface area contributed by atoms with Crippen LogP contribution in [0.3, 0.4) is 0 Å². The van der Waals surface area contributed by atoms with Gasteiger partial charge in [0.05, 0.1) is 38.7 Å². The van der Waals surface area contributed by atoms with E-state index in [1.165, 1.54) is 38.4 Å². The highest BCUT2D eigenvalue weighted by molar-refractivity contribution is 6.23. The highest BCUT2D eigenvalue weighted by Gasteiger charge is 2.25. The summed E-state index contributed by atoms with van der Waals surface area (Å²) in [5.41, 5.74) is 13.3. The Balaban J connectivity index is 1.19. The minimum atomic E-state index is -0.0417. The Labute approximate surface area is 326 Å². The van der Waals surface area contributed by atoms with Gasteiger partial charge >= 0.3 is 0 Å². The monoisotopic (exact) mass is 725 g/mol. The number of pyridine rings is 1. The molecule has 0 saturated carbocycles. The molecule has 0 spiro atoms. The highest BCUT2D eigenvalue weighted by Crippen LogP contribution is 2.49. The van der Waals surface area contributed by atoms with Gasteiger partial charge in [0.1, 0.15) is 0 Å². The van der Waals surface area contributed by atoms with Crippen LogP contribution in [0, 0.1) is 0 Å². The van der Waals surface area contributed by atoms with E-state index < -0.39 is 0 Å². The van der Waals surface area contributed by atoms with E-state index in [9.17, 15) is 0 Å². The predicted octanol–water partition coefficient (Wildman–Crippen LogP) is 13.1. The van der Waals surface area contributed by atoms with E-state index in [2.05, 4.69) is 161 Å². The molecule has 4 nitrogen and oxygen atoms in total. The van der Waals surface area contributed by atoms with Gasteiger partial charge in [-0.15, -0.1) is 0 Å². The molecule has 0 saturated heterocycles. The number of aromatic nitrogens is 3. The first kappa shape index (κ1) is 30.6. The largest absolute Gasteiger partial charge is 0.309 e. The van der Waals surface area contributed by atoms with Crippen LogP contribution in [0.2, 0.25) is 0 Å². The van der Waals surface area contributed by atoms with E-state index in [1.54, 1.807) is 0 Å². The van der Waals surface area contributed by atoms with Gasteiger partial charge in [-0.1, -0.05) is 121 Å². The Hall–Kier alpha value is -7.69. The summed E-state index contributed by atoms with van der Waals surface area (Å²) < 4.78 is 6.61. The summed E-state index contributed by atoms with van der Waals surface area (Å²) in [6.45, 7) is 0. The van der Waals surface area contributed by atoms with Crippen LogP contribution < -0.4 is 5.56 Å². The van der Waals surface area contributed by atoms with Crippen molar-refractivity contribution < 1.29 is 0 Å². The summed E-state index contributed by atoms with van der Waals surface area (Å²) in [6.07, 6.45) is 0. The molecule has 0 radical (unpaired) electrons. The van der Waals surface area contributed by atoms with Crippen molar-refractivity contribution >= 4 is 76.1 Å². The van der Waals surface area contributed by atoms with E-state index in [4.69, 9.17) is 0 Å². The van der Waals surface area contributed by atoms with Crippen molar-refractivity contribution in [2.24, 2.45) is 0 Å². The number of rotatable bonds is 3. The maximum Gasteiger partial charge on any atom is 0.263 e. The maximum atomic E-state index is 15.3. The Morgan fingerprint density at radius 2 is 0.772 bits per heavy atom. The molecule has 0 fully saturated rings. The first-order valence-corrected chi connectivity index (χ1v) is 19.5. The second-order valence-electron chi connectivity index (χ2n) is 15.2. The number of para-hydroxylation sites is 4. The van der Waals surface area contributed by atoms with Gasteiger partial charge in [-0.3, -0.25) is 9.36 Å². The molecule has 264 valence electrons. The third kappa shape index (κ3) is 4.03. The zero-order valence-electron chi connectivity index (χ0n) is 30.6. The maximum absolute atomic E-state index is 15.3. The van der Waals surface area contributed by atoms with E-state index in [0.29, 0.717) is 5.39 Å². The zero-order chi connectivity index (χ0) is 37.4. The smallest absolute Gasteiger partial charge is 0.263 e. The van der Waals surface area contributed by atoms with Crippen molar-refractivity contribution in [2.45, 2.75) is 0 Å². The molecule has 3 aromatic heterocycles. The first-order chi connectivity index (χ1) is 28.2. The lowest BCUT2D eigenvalue weighted by Crippen LogP contribution is -2.19. The number of hydrogen-bond donors (Lipinski definition) is 0. The minimum absolute atomic E-state index is 0.0417. The molecular weight excluding hydrogens is 695 g/mol. The van der Waals surface area contributed by atoms with Gasteiger partial charge in [-0.2, -0.15) is 0 Å². The molecular formula is C53H31N3O. The van der Waals surface area contributed by atoms with E-state index in [-0.39, 0.29) is 5.56 Å². The summed E-state index contributed by atoms with van der Waals surface area (Å²) in [4.78, 5) is 15.3. The second-order valence-corrected chi connectivity index (χ2v) is 15.2. The fourth-order valence-electron chi connectivity index (χ4n) is 9.99. The molecule has 4 heteroatoms. The van der Waals surface area contributed by atoms with E-state index in [1.807, 2.05) is 41.0 Å². The molecule has 0 N–H and O–H groups in total. The first-order valence-electron chi connectivity index (χ1n) is 19.5. The minimum Gasteiger partial charge on any atom is -0.309 e. The third-order valence-corrected chi connectivity index (χ3v) is 12.4. The van der Waals surface area contributed by atoms with Crippen LogP contribution in [0.15, 0.2) is 193 Å². The summed E-state index contributed by atoms with van der Waals surface area (Å²) >= 11 is 0. The molecule has 13 rings (SSSR count). The topological polar surface area (TPSA) is 31.9 Å². The molecule has 0 amide bonds.